The minimum Gasteiger partial charge on any atom is -0.332 e. The average Bonchev–Trinajstić information content (AvgIpc) is 2.26. The van der Waals surface area contributed by atoms with Crippen molar-refractivity contribution in [2.75, 3.05) is 26.2 Å². The molecule has 1 aliphatic heterocycles. The zero-order chi connectivity index (χ0) is 12.3. The summed E-state index contributed by atoms with van der Waals surface area (Å²) in [6, 6.07) is 1.68. The van der Waals surface area contributed by atoms with Gasteiger partial charge >= 0.3 is 12.1 Å². The number of amides is 1. The maximum Gasteiger partial charge on any atom is 0.471 e. The molecule has 1 saturated heterocycles. The molecular weight excluding hydrogens is 223 g/mol. The first-order valence-corrected chi connectivity index (χ1v) is 4.86. The predicted octanol–water partition coefficient (Wildman–Crippen LogP) is 0.605. The fourth-order valence-corrected chi connectivity index (χ4v) is 1.57. The third-order valence-corrected chi connectivity index (χ3v) is 2.58. The topological polar surface area (TPSA) is 47.3 Å². The van der Waals surface area contributed by atoms with E-state index in [0.717, 1.165) is 4.90 Å². The van der Waals surface area contributed by atoms with E-state index in [9.17, 15) is 18.0 Å². The van der Waals surface area contributed by atoms with Gasteiger partial charge in [0, 0.05) is 26.2 Å². The second-order valence-corrected chi connectivity index (χ2v) is 3.63. The number of carbonyl (C=O) groups is 1. The summed E-state index contributed by atoms with van der Waals surface area (Å²) in [5.41, 5.74) is 0. The maximum atomic E-state index is 12.1. The van der Waals surface area contributed by atoms with Crippen molar-refractivity contribution in [3.8, 4) is 6.07 Å². The molecule has 1 aliphatic rings. The van der Waals surface area contributed by atoms with E-state index in [-0.39, 0.29) is 19.1 Å². The summed E-state index contributed by atoms with van der Waals surface area (Å²) in [5.74, 6) is -1.79. The Morgan fingerprint density at radius 1 is 1.31 bits per heavy atom. The number of rotatable bonds is 1. The van der Waals surface area contributed by atoms with Gasteiger partial charge in [0.25, 0.3) is 0 Å². The normalized spacial score (nSPS) is 20.3. The van der Waals surface area contributed by atoms with Crippen LogP contribution in [0.1, 0.15) is 6.92 Å². The zero-order valence-electron chi connectivity index (χ0n) is 8.79. The van der Waals surface area contributed by atoms with Gasteiger partial charge in [-0.25, -0.2) is 0 Å². The Balaban J connectivity index is 2.50. The molecule has 0 radical (unpaired) electrons. The monoisotopic (exact) mass is 235 g/mol. The van der Waals surface area contributed by atoms with Crippen molar-refractivity contribution < 1.29 is 18.0 Å². The molecule has 1 amide bonds. The molecule has 1 rings (SSSR count). The van der Waals surface area contributed by atoms with Crippen molar-refractivity contribution >= 4 is 5.91 Å². The molecule has 0 saturated carbocycles. The Kier molecular flexibility index (Phi) is 3.75. The fraction of sp³-hybridized carbons (Fsp3) is 0.778. The quantitative estimate of drug-likeness (QED) is 0.668. The largest absolute Gasteiger partial charge is 0.471 e. The summed E-state index contributed by atoms with van der Waals surface area (Å²) in [4.78, 5) is 13.4. The lowest BCUT2D eigenvalue weighted by molar-refractivity contribution is -0.187. The molecule has 0 aromatic rings. The minimum absolute atomic E-state index is 0.0182. The van der Waals surface area contributed by atoms with Gasteiger partial charge in [-0.15, -0.1) is 0 Å². The Morgan fingerprint density at radius 2 is 1.81 bits per heavy atom. The first kappa shape index (κ1) is 12.8. The molecule has 1 fully saturated rings. The number of hydrogen-bond acceptors (Lipinski definition) is 3. The van der Waals surface area contributed by atoms with E-state index in [4.69, 9.17) is 5.26 Å². The van der Waals surface area contributed by atoms with E-state index in [0.29, 0.717) is 13.1 Å². The van der Waals surface area contributed by atoms with Gasteiger partial charge in [0.05, 0.1) is 12.1 Å². The third-order valence-electron chi connectivity index (χ3n) is 2.58. The number of carbonyl (C=O) groups excluding carboxylic acids is 1. The zero-order valence-corrected chi connectivity index (χ0v) is 8.79. The average molecular weight is 235 g/mol. The first-order chi connectivity index (χ1) is 7.36. The number of nitrogens with zero attached hydrogens (tertiary/aromatic N) is 3. The van der Waals surface area contributed by atoms with E-state index in [1.54, 1.807) is 11.8 Å². The molecule has 0 N–H and O–H groups in total. The van der Waals surface area contributed by atoms with Crippen molar-refractivity contribution in [2.45, 2.75) is 19.1 Å². The number of piperazine rings is 1. The van der Waals surface area contributed by atoms with Crippen molar-refractivity contribution in [3.05, 3.63) is 0 Å². The molecule has 7 heteroatoms. The standard InChI is InChI=1S/C9H12F3N3O/c1-7(6-13)14-2-4-15(5-3-14)8(16)9(10,11)12/h7H,2-5H2,1H3. The van der Waals surface area contributed by atoms with Gasteiger partial charge in [0.2, 0.25) is 0 Å². The van der Waals surface area contributed by atoms with Crippen LogP contribution in [0.2, 0.25) is 0 Å². The third kappa shape index (κ3) is 2.85. The molecular formula is C9H12F3N3O. The number of nitriles is 1. The molecule has 0 bridgehead atoms. The van der Waals surface area contributed by atoms with Crippen molar-refractivity contribution in [3.63, 3.8) is 0 Å². The van der Waals surface area contributed by atoms with E-state index in [1.807, 2.05) is 6.07 Å². The molecule has 1 heterocycles. The molecule has 16 heavy (non-hydrogen) atoms. The van der Waals surface area contributed by atoms with Crippen LogP contribution in [0.5, 0.6) is 0 Å². The minimum atomic E-state index is -4.80. The molecule has 1 unspecified atom stereocenters. The Bertz CT molecular complexity index is 302. The molecule has 0 spiro atoms. The summed E-state index contributed by atoms with van der Waals surface area (Å²) in [6.45, 7) is 2.32. The summed E-state index contributed by atoms with van der Waals surface area (Å²) < 4.78 is 36.3. The van der Waals surface area contributed by atoms with Gasteiger partial charge in [-0.2, -0.15) is 18.4 Å². The second-order valence-electron chi connectivity index (χ2n) is 3.63. The van der Waals surface area contributed by atoms with Crippen LogP contribution in [-0.4, -0.2) is 54.1 Å². The lowest BCUT2D eigenvalue weighted by atomic mass is 10.2. The first-order valence-electron chi connectivity index (χ1n) is 4.86. The van der Waals surface area contributed by atoms with Crippen LogP contribution in [0.3, 0.4) is 0 Å². The van der Waals surface area contributed by atoms with Gasteiger partial charge in [0.15, 0.2) is 0 Å². The predicted molar refractivity (Wildman–Crippen MR) is 49.3 cm³/mol. The van der Waals surface area contributed by atoms with Crippen molar-refractivity contribution in [2.24, 2.45) is 0 Å². The molecule has 0 aromatic heterocycles. The fourth-order valence-electron chi connectivity index (χ4n) is 1.57. The second kappa shape index (κ2) is 4.70. The summed E-state index contributed by atoms with van der Waals surface area (Å²) >= 11 is 0. The molecule has 4 nitrogen and oxygen atoms in total. The Labute approximate surface area is 91.2 Å². The van der Waals surface area contributed by atoms with Crippen LogP contribution in [-0.2, 0) is 4.79 Å². The van der Waals surface area contributed by atoms with Crippen molar-refractivity contribution in [1.29, 1.82) is 5.26 Å². The maximum absolute atomic E-state index is 12.1. The Hall–Kier alpha value is -1.29. The smallest absolute Gasteiger partial charge is 0.332 e. The summed E-state index contributed by atoms with van der Waals surface area (Å²) in [6.07, 6.45) is -4.80. The highest BCUT2D eigenvalue weighted by Gasteiger charge is 2.43. The molecule has 90 valence electrons. The van der Waals surface area contributed by atoms with Crippen LogP contribution < -0.4 is 0 Å². The molecule has 0 aliphatic carbocycles. The molecule has 0 aromatic carbocycles. The van der Waals surface area contributed by atoms with Gasteiger partial charge in [-0.3, -0.25) is 9.69 Å². The van der Waals surface area contributed by atoms with Gasteiger partial charge in [-0.1, -0.05) is 0 Å². The van der Waals surface area contributed by atoms with Crippen molar-refractivity contribution in [1.82, 2.24) is 9.80 Å². The highest BCUT2D eigenvalue weighted by molar-refractivity contribution is 5.81. The highest BCUT2D eigenvalue weighted by Crippen LogP contribution is 2.19. The summed E-state index contributed by atoms with van der Waals surface area (Å²) in [5, 5.41) is 8.64. The van der Waals surface area contributed by atoms with Crippen LogP contribution in [0.15, 0.2) is 0 Å². The Morgan fingerprint density at radius 3 is 2.19 bits per heavy atom. The van der Waals surface area contributed by atoms with Crippen LogP contribution >= 0.6 is 0 Å². The van der Waals surface area contributed by atoms with Crippen LogP contribution in [0.4, 0.5) is 13.2 Å². The number of alkyl halides is 3. The van der Waals surface area contributed by atoms with E-state index >= 15 is 0 Å². The SMILES string of the molecule is CC(C#N)N1CCN(C(=O)C(F)(F)F)CC1. The lowest BCUT2D eigenvalue weighted by Gasteiger charge is -2.35. The highest BCUT2D eigenvalue weighted by atomic mass is 19.4. The van der Waals surface area contributed by atoms with E-state index < -0.39 is 12.1 Å². The number of halogens is 3. The molecule has 1 atom stereocenters. The lowest BCUT2D eigenvalue weighted by Crippen LogP contribution is -2.53. The van der Waals surface area contributed by atoms with Gasteiger partial charge in [-0.05, 0) is 6.92 Å². The summed E-state index contributed by atoms with van der Waals surface area (Å²) in [7, 11) is 0. The van der Waals surface area contributed by atoms with Gasteiger partial charge in [0.1, 0.15) is 0 Å². The van der Waals surface area contributed by atoms with E-state index in [1.165, 1.54) is 0 Å². The van der Waals surface area contributed by atoms with E-state index in [2.05, 4.69) is 0 Å². The van der Waals surface area contributed by atoms with Gasteiger partial charge < -0.3 is 4.90 Å². The van der Waals surface area contributed by atoms with Crippen LogP contribution in [0.25, 0.3) is 0 Å². The van der Waals surface area contributed by atoms with Crippen LogP contribution in [0, 0.1) is 11.3 Å². The number of hydrogen-bond donors (Lipinski definition) is 0.